The molecule has 1 aromatic rings. The van der Waals surface area contributed by atoms with Crippen LogP contribution in [0.25, 0.3) is 0 Å². The number of carbonyl (C=O) groups is 4. The molecule has 2 aliphatic rings. The number of hydrogen-bond acceptors (Lipinski definition) is 6. The highest BCUT2D eigenvalue weighted by molar-refractivity contribution is 5.89. The number of aromatic nitrogens is 2. The van der Waals surface area contributed by atoms with Gasteiger partial charge in [0.05, 0.1) is 25.0 Å². The minimum Gasteiger partial charge on any atom is -0.483 e. The zero-order chi connectivity index (χ0) is 23.0. The Kier molecular flexibility index (Phi) is 8.98. The normalized spacial score (nSPS) is 22.6. The first-order valence-corrected chi connectivity index (χ1v) is 10.2. The number of methoxy groups -OCH3 is 1. The zero-order valence-corrected chi connectivity index (χ0v) is 18.1. The van der Waals surface area contributed by atoms with Crippen LogP contribution in [0.15, 0.2) is 12.4 Å². The lowest BCUT2D eigenvalue weighted by Gasteiger charge is -2.40. The Morgan fingerprint density at radius 3 is 2.74 bits per heavy atom. The van der Waals surface area contributed by atoms with Crippen molar-refractivity contribution in [2.24, 2.45) is 11.8 Å². The molecule has 2 saturated heterocycles. The second-order valence-corrected chi connectivity index (χ2v) is 8.06. The van der Waals surface area contributed by atoms with Gasteiger partial charge in [0.15, 0.2) is 0 Å². The van der Waals surface area contributed by atoms with E-state index in [0.29, 0.717) is 31.3 Å². The second kappa shape index (κ2) is 11.4. The third-order valence-corrected chi connectivity index (χ3v) is 5.44. The van der Waals surface area contributed by atoms with Gasteiger partial charge in [-0.15, -0.1) is 0 Å². The van der Waals surface area contributed by atoms with E-state index in [4.69, 9.17) is 14.6 Å². The molecule has 1 aromatic heterocycles. The maximum Gasteiger partial charge on any atom is 0.290 e. The highest BCUT2D eigenvalue weighted by atomic mass is 16.5. The van der Waals surface area contributed by atoms with Crippen molar-refractivity contribution in [2.45, 2.75) is 45.3 Å². The minimum atomic E-state index is -0.288. The van der Waals surface area contributed by atoms with E-state index in [1.165, 1.54) is 7.11 Å². The van der Waals surface area contributed by atoms with Gasteiger partial charge in [0.2, 0.25) is 17.7 Å². The Morgan fingerprint density at radius 2 is 2.16 bits per heavy atom. The maximum absolute atomic E-state index is 12.9. The number of nitrogens with zero attached hydrogens (tertiary/aromatic N) is 3. The van der Waals surface area contributed by atoms with Crippen LogP contribution in [0.2, 0.25) is 0 Å². The van der Waals surface area contributed by atoms with Crippen LogP contribution in [0.3, 0.4) is 0 Å². The maximum atomic E-state index is 12.9. The van der Waals surface area contributed by atoms with Crippen LogP contribution >= 0.6 is 0 Å². The average Bonchev–Trinajstić information content (AvgIpc) is 3.35. The molecule has 172 valence electrons. The molecule has 0 aliphatic carbocycles. The molecule has 31 heavy (non-hydrogen) atoms. The van der Waals surface area contributed by atoms with Crippen LogP contribution in [-0.2, 0) is 30.5 Å². The summed E-state index contributed by atoms with van der Waals surface area (Å²) in [6, 6.07) is -0.279. The summed E-state index contributed by atoms with van der Waals surface area (Å²) >= 11 is 0. The van der Waals surface area contributed by atoms with Gasteiger partial charge in [-0.25, -0.2) is 4.98 Å². The van der Waals surface area contributed by atoms with Crippen LogP contribution in [0.1, 0.15) is 32.5 Å². The smallest absolute Gasteiger partial charge is 0.290 e. The Hall–Kier alpha value is -2.95. The fourth-order valence-corrected chi connectivity index (χ4v) is 4.29. The van der Waals surface area contributed by atoms with Crippen LogP contribution in [0, 0.1) is 11.8 Å². The molecule has 0 saturated carbocycles. The summed E-state index contributed by atoms with van der Waals surface area (Å²) in [6.45, 7) is 4.72. The molecule has 0 aromatic carbocycles. The van der Waals surface area contributed by atoms with Gasteiger partial charge < -0.3 is 29.9 Å². The Bertz CT molecular complexity index is 753. The minimum absolute atomic E-state index is 0.0392. The molecule has 0 spiro atoms. The number of imidazole rings is 1. The fourth-order valence-electron chi connectivity index (χ4n) is 4.29. The molecule has 2 fully saturated rings. The quantitative estimate of drug-likeness (QED) is 0.503. The first-order valence-electron chi connectivity index (χ1n) is 10.2. The largest absolute Gasteiger partial charge is 0.483 e. The van der Waals surface area contributed by atoms with Crippen molar-refractivity contribution in [1.29, 1.82) is 0 Å². The third-order valence-electron chi connectivity index (χ3n) is 5.44. The van der Waals surface area contributed by atoms with Crippen LogP contribution in [0.5, 0.6) is 0 Å². The molecule has 0 unspecified atom stereocenters. The number of fused-ring (bicyclic) bond motifs is 1. The topological polar surface area (TPSA) is 145 Å². The van der Waals surface area contributed by atoms with Crippen molar-refractivity contribution >= 4 is 24.2 Å². The lowest BCUT2D eigenvalue weighted by atomic mass is 9.91. The van der Waals surface area contributed by atoms with E-state index in [2.05, 4.69) is 29.1 Å². The predicted octanol–water partition coefficient (Wildman–Crippen LogP) is -0.153. The van der Waals surface area contributed by atoms with Crippen molar-refractivity contribution in [3.8, 4) is 0 Å². The number of amides is 3. The number of aromatic amines is 1. The molecule has 3 N–H and O–H groups in total. The van der Waals surface area contributed by atoms with Crippen molar-refractivity contribution in [2.75, 3.05) is 26.8 Å². The average molecular weight is 437 g/mol. The molecule has 11 nitrogen and oxygen atoms in total. The molecule has 0 bridgehead atoms. The number of ether oxygens (including phenoxy) is 1. The van der Waals surface area contributed by atoms with Crippen LogP contribution < -0.4 is 5.32 Å². The van der Waals surface area contributed by atoms with Crippen molar-refractivity contribution in [3.63, 3.8) is 0 Å². The van der Waals surface area contributed by atoms with Gasteiger partial charge in [-0.2, -0.15) is 0 Å². The van der Waals surface area contributed by atoms with Gasteiger partial charge in [0.1, 0.15) is 12.4 Å². The summed E-state index contributed by atoms with van der Waals surface area (Å²) in [7, 11) is 1.46. The lowest BCUT2D eigenvalue weighted by molar-refractivity contribution is -0.151. The van der Waals surface area contributed by atoms with E-state index < -0.39 is 0 Å². The number of piperazine rings is 1. The summed E-state index contributed by atoms with van der Waals surface area (Å²) in [5.74, 6) is 0.402. The van der Waals surface area contributed by atoms with Crippen molar-refractivity contribution < 1.29 is 29.0 Å². The second-order valence-electron chi connectivity index (χ2n) is 8.06. The van der Waals surface area contributed by atoms with Crippen molar-refractivity contribution in [1.82, 2.24) is 25.1 Å². The molecule has 3 atom stereocenters. The van der Waals surface area contributed by atoms with Gasteiger partial charge >= 0.3 is 0 Å². The summed E-state index contributed by atoms with van der Waals surface area (Å²) in [6.07, 6.45) is 4.67. The summed E-state index contributed by atoms with van der Waals surface area (Å²) < 4.78 is 4.91. The first kappa shape index (κ1) is 24.3. The van der Waals surface area contributed by atoms with E-state index >= 15 is 0 Å². The predicted molar refractivity (Wildman–Crippen MR) is 110 cm³/mol. The lowest BCUT2D eigenvalue weighted by Crippen LogP contribution is -2.58. The number of carboxylic acid groups (broad SMARTS) is 1. The molecular weight excluding hydrogens is 406 g/mol. The molecule has 3 amide bonds. The molecule has 11 heteroatoms. The monoisotopic (exact) mass is 437 g/mol. The van der Waals surface area contributed by atoms with Gasteiger partial charge in [-0.1, -0.05) is 13.8 Å². The number of hydrogen-bond donors (Lipinski definition) is 3. The summed E-state index contributed by atoms with van der Waals surface area (Å²) in [4.78, 5) is 56.8. The van der Waals surface area contributed by atoms with E-state index in [0.717, 1.165) is 6.42 Å². The summed E-state index contributed by atoms with van der Waals surface area (Å²) in [5, 5.41) is 9.83. The van der Waals surface area contributed by atoms with E-state index in [9.17, 15) is 14.4 Å². The van der Waals surface area contributed by atoms with Gasteiger partial charge in [-0.05, 0) is 18.8 Å². The standard InChI is InChI=1S/C19H29N5O4.CH2O2/c1-12(2)6-15-14(19(27)22-8-16-20-4-5-21-16)7-13-9-23(18(26)11-28-3)10-17(25)24(13)15;2-1-3/h4-5,12-15H,6-11H2,1-3H3,(H,20,21)(H,22,27);1H,(H,2,3)/t13-,14-,15-;/m1./s1. The number of rotatable bonds is 7. The van der Waals surface area contributed by atoms with Gasteiger partial charge in [0, 0.05) is 32.1 Å². The number of H-pyrrole nitrogens is 1. The Labute approximate surface area is 181 Å². The molecule has 3 heterocycles. The Morgan fingerprint density at radius 1 is 1.45 bits per heavy atom. The van der Waals surface area contributed by atoms with E-state index in [1.807, 2.05) is 4.90 Å². The van der Waals surface area contributed by atoms with Gasteiger partial charge in [-0.3, -0.25) is 19.2 Å². The van der Waals surface area contributed by atoms with E-state index in [-0.39, 0.29) is 55.3 Å². The molecule has 3 rings (SSSR count). The third kappa shape index (κ3) is 6.27. The number of nitrogens with one attached hydrogen (secondary N) is 2. The number of carbonyl (C=O) groups excluding carboxylic acids is 3. The van der Waals surface area contributed by atoms with Gasteiger partial charge in [0.25, 0.3) is 6.47 Å². The fraction of sp³-hybridized carbons (Fsp3) is 0.650. The van der Waals surface area contributed by atoms with Crippen LogP contribution in [-0.4, -0.2) is 88.0 Å². The molecule has 2 aliphatic heterocycles. The summed E-state index contributed by atoms with van der Waals surface area (Å²) in [5.41, 5.74) is 0. The van der Waals surface area contributed by atoms with E-state index in [1.54, 1.807) is 17.3 Å². The van der Waals surface area contributed by atoms with Crippen LogP contribution in [0.4, 0.5) is 0 Å². The molecular formula is C20H31N5O6. The molecule has 0 radical (unpaired) electrons. The SMILES string of the molecule is COCC(=O)N1CC(=O)N2[C@H](C[C@@H](C(=O)NCc3ncc[nH]3)[C@H]2CC(C)C)C1.O=CO. The zero-order valence-electron chi connectivity index (χ0n) is 18.1. The highest BCUT2D eigenvalue weighted by Gasteiger charge is 2.50. The Balaban J connectivity index is 0.00000107. The first-order chi connectivity index (χ1) is 14.8. The highest BCUT2D eigenvalue weighted by Crippen LogP contribution is 2.36. The van der Waals surface area contributed by atoms with Crippen molar-refractivity contribution in [3.05, 3.63) is 18.2 Å².